The van der Waals surface area contributed by atoms with Gasteiger partial charge in [-0.3, -0.25) is 4.55 Å². The number of rotatable bonds is 4. The summed E-state index contributed by atoms with van der Waals surface area (Å²) in [5.74, 6) is 0.270. The van der Waals surface area contributed by atoms with Crippen molar-refractivity contribution in [2.75, 3.05) is 12.3 Å². The number of ether oxygens (including phenoxy) is 1. The van der Waals surface area contributed by atoms with Crippen LogP contribution in [0.15, 0.2) is 23.1 Å². The maximum absolute atomic E-state index is 10.9. The smallest absolute Gasteiger partial charge is 0.296 e. The lowest BCUT2D eigenvalue weighted by Gasteiger charge is -2.09. The summed E-state index contributed by atoms with van der Waals surface area (Å²) < 4.78 is 35.9. The predicted molar refractivity (Wildman–Crippen MR) is 56.5 cm³/mol. The Hall–Kier alpha value is -1.27. The summed E-state index contributed by atoms with van der Waals surface area (Å²) in [7, 11) is -4.29. The number of benzene rings is 1. The van der Waals surface area contributed by atoms with Crippen molar-refractivity contribution in [3.63, 3.8) is 0 Å². The van der Waals surface area contributed by atoms with Crippen LogP contribution in [-0.2, 0) is 10.1 Å². The highest BCUT2D eigenvalue weighted by Gasteiger charge is 2.16. The molecule has 0 aliphatic carbocycles. The summed E-state index contributed by atoms with van der Waals surface area (Å²) in [5.41, 5.74) is 5.48. The van der Waals surface area contributed by atoms with Crippen LogP contribution in [0.3, 0.4) is 0 Å². The van der Waals surface area contributed by atoms with Crippen molar-refractivity contribution < 1.29 is 17.7 Å². The molecule has 1 rings (SSSR count). The molecule has 0 unspecified atom stereocenters. The van der Waals surface area contributed by atoms with Crippen molar-refractivity contribution >= 4 is 15.8 Å². The van der Waals surface area contributed by atoms with Crippen molar-refractivity contribution in [2.45, 2.75) is 18.2 Å². The highest BCUT2D eigenvalue weighted by atomic mass is 32.2. The minimum atomic E-state index is -4.29. The second-order valence-corrected chi connectivity index (χ2v) is 4.38. The zero-order valence-corrected chi connectivity index (χ0v) is 9.12. The average Bonchev–Trinajstić information content (AvgIpc) is 2.14. The first kappa shape index (κ1) is 11.8. The molecule has 0 amide bonds. The summed E-state index contributed by atoms with van der Waals surface area (Å²) >= 11 is 0. The standard InChI is InChI=1S/C9H13NO4S/c1-2-6-14-7-4-3-5-8(9(7)10)15(11,12)13/h3-5H,2,6,10H2,1H3,(H,11,12,13). The third-order valence-corrected chi connectivity index (χ3v) is 2.68. The molecule has 0 aliphatic heterocycles. The third kappa shape index (κ3) is 2.84. The predicted octanol–water partition coefficient (Wildman–Crippen LogP) is 1.30. The molecule has 3 N–H and O–H groups in total. The molecule has 0 aromatic heterocycles. The topological polar surface area (TPSA) is 89.6 Å². The van der Waals surface area contributed by atoms with E-state index in [1.807, 2.05) is 6.92 Å². The highest BCUT2D eigenvalue weighted by molar-refractivity contribution is 7.86. The molecule has 1 aromatic carbocycles. The van der Waals surface area contributed by atoms with Gasteiger partial charge in [-0.1, -0.05) is 13.0 Å². The van der Waals surface area contributed by atoms with E-state index in [2.05, 4.69) is 0 Å². The molecule has 0 saturated carbocycles. The van der Waals surface area contributed by atoms with Gasteiger partial charge in [0.05, 0.1) is 12.3 Å². The molecule has 0 heterocycles. The van der Waals surface area contributed by atoms with Gasteiger partial charge in [-0.2, -0.15) is 8.42 Å². The van der Waals surface area contributed by atoms with Gasteiger partial charge >= 0.3 is 0 Å². The Labute approximate surface area is 88.6 Å². The second kappa shape index (κ2) is 4.50. The van der Waals surface area contributed by atoms with Gasteiger partial charge in [0.2, 0.25) is 0 Å². The fourth-order valence-corrected chi connectivity index (χ4v) is 1.72. The molecule has 5 nitrogen and oxygen atoms in total. The zero-order chi connectivity index (χ0) is 11.5. The fourth-order valence-electron chi connectivity index (χ4n) is 1.09. The molecule has 0 bridgehead atoms. The van der Waals surface area contributed by atoms with Gasteiger partial charge in [0.1, 0.15) is 10.6 Å². The molecular weight excluding hydrogens is 218 g/mol. The maximum atomic E-state index is 10.9. The SMILES string of the molecule is CCCOc1cccc(S(=O)(=O)O)c1N. The number of hydrogen-bond acceptors (Lipinski definition) is 4. The Bertz CT molecular complexity index is 441. The molecule has 0 saturated heterocycles. The van der Waals surface area contributed by atoms with Gasteiger partial charge < -0.3 is 10.5 Å². The highest BCUT2D eigenvalue weighted by Crippen LogP contribution is 2.28. The van der Waals surface area contributed by atoms with E-state index < -0.39 is 10.1 Å². The second-order valence-electron chi connectivity index (χ2n) is 2.99. The van der Waals surface area contributed by atoms with Crippen molar-refractivity contribution in [1.82, 2.24) is 0 Å². The summed E-state index contributed by atoms with van der Waals surface area (Å²) in [6.45, 7) is 2.36. The molecule has 1 aromatic rings. The molecular formula is C9H13NO4S. The molecule has 84 valence electrons. The Balaban J connectivity index is 3.12. The van der Waals surface area contributed by atoms with E-state index in [1.54, 1.807) is 6.07 Å². The van der Waals surface area contributed by atoms with E-state index in [9.17, 15) is 8.42 Å². The van der Waals surface area contributed by atoms with Crippen LogP contribution >= 0.6 is 0 Å². The molecule has 0 radical (unpaired) electrons. The van der Waals surface area contributed by atoms with Crippen LogP contribution in [0.4, 0.5) is 5.69 Å². The Morgan fingerprint density at radius 3 is 2.67 bits per heavy atom. The molecule has 0 spiro atoms. The summed E-state index contributed by atoms with van der Waals surface area (Å²) in [4.78, 5) is -0.323. The van der Waals surface area contributed by atoms with E-state index in [0.29, 0.717) is 6.61 Å². The quantitative estimate of drug-likeness (QED) is 0.602. The summed E-state index contributed by atoms with van der Waals surface area (Å²) in [5, 5.41) is 0. The Kier molecular flexibility index (Phi) is 3.54. The largest absolute Gasteiger partial charge is 0.491 e. The van der Waals surface area contributed by atoms with Crippen molar-refractivity contribution in [3.8, 4) is 5.75 Å². The van der Waals surface area contributed by atoms with E-state index >= 15 is 0 Å². The van der Waals surface area contributed by atoms with Crippen molar-refractivity contribution in [2.24, 2.45) is 0 Å². The van der Waals surface area contributed by atoms with Crippen LogP contribution < -0.4 is 10.5 Å². The van der Waals surface area contributed by atoms with E-state index in [0.717, 1.165) is 6.42 Å². The third-order valence-electron chi connectivity index (χ3n) is 1.77. The minimum absolute atomic E-state index is 0.0616. The average molecular weight is 231 g/mol. The zero-order valence-electron chi connectivity index (χ0n) is 8.30. The molecule has 0 fully saturated rings. The van der Waals surface area contributed by atoms with Crippen LogP contribution in [0.1, 0.15) is 13.3 Å². The van der Waals surface area contributed by atoms with Crippen LogP contribution in [0.2, 0.25) is 0 Å². The first-order valence-electron chi connectivity index (χ1n) is 4.45. The number of nitrogen functional groups attached to an aromatic ring is 1. The first-order valence-corrected chi connectivity index (χ1v) is 5.89. The van der Waals surface area contributed by atoms with Gasteiger partial charge in [-0.05, 0) is 18.6 Å². The van der Waals surface area contributed by atoms with Gasteiger partial charge in [-0.25, -0.2) is 0 Å². The Morgan fingerprint density at radius 2 is 2.13 bits per heavy atom. The van der Waals surface area contributed by atoms with Crippen molar-refractivity contribution in [1.29, 1.82) is 0 Å². The normalized spacial score (nSPS) is 11.3. The van der Waals surface area contributed by atoms with Crippen LogP contribution in [0.25, 0.3) is 0 Å². The minimum Gasteiger partial charge on any atom is -0.491 e. The van der Waals surface area contributed by atoms with Gasteiger partial charge in [0, 0.05) is 0 Å². The molecule has 0 aliphatic rings. The number of anilines is 1. The number of para-hydroxylation sites is 1. The lowest BCUT2D eigenvalue weighted by Crippen LogP contribution is -2.06. The number of hydrogen-bond donors (Lipinski definition) is 2. The van der Waals surface area contributed by atoms with Gasteiger partial charge in [-0.15, -0.1) is 0 Å². The molecule has 0 atom stereocenters. The molecule has 15 heavy (non-hydrogen) atoms. The molecule has 6 heteroatoms. The van der Waals surface area contributed by atoms with Gasteiger partial charge in [0.15, 0.2) is 0 Å². The summed E-state index contributed by atoms with van der Waals surface area (Å²) in [6, 6.07) is 4.24. The lowest BCUT2D eigenvalue weighted by molar-refractivity contribution is 0.318. The monoisotopic (exact) mass is 231 g/mol. The van der Waals surface area contributed by atoms with Crippen LogP contribution in [0, 0.1) is 0 Å². The van der Waals surface area contributed by atoms with Crippen LogP contribution in [-0.4, -0.2) is 19.6 Å². The van der Waals surface area contributed by atoms with E-state index in [4.69, 9.17) is 15.0 Å². The number of nitrogens with two attached hydrogens (primary N) is 1. The summed E-state index contributed by atoms with van der Waals surface area (Å²) in [6.07, 6.45) is 0.787. The maximum Gasteiger partial charge on any atom is 0.296 e. The lowest BCUT2D eigenvalue weighted by atomic mass is 10.3. The fraction of sp³-hybridized carbons (Fsp3) is 0.333. The van der Waals surface area contributed by atoms with Crippen LogP contribution in [0.5, 0.6) is 5.75 Å². The first-order chi connectivity index (χ1) is 6.96. The van der Waals surface area contributed by atoms with E-state index in [1.165, 1.54) is 12.1 Å². The van der Waals surface area contributed by atoms with Crippen molar-refractivity contribution in [3.05, 3.63) is 18.2 Å². The van der Waals surface area contributed by atoms with E-state index in [-0.39, 0.29) is 16.3 Å². The Morgan fingerprint density at radius 1 is 1.47 bits per heavy atom. The van der Waals surface area contributed by atoms with Gasteiger partial charge in [0.25, 0.3) is 10.1 Å².